The summed E-state index contributed by atoms with van der Waals surface area (Å²) in [4.78, 5) is 11.3. The van der Waals surface area contributed by atoms with Crippen LogP contribution in [-0.2, 0) is 13.6 Å². The van der Waals surface area contributed by atoms with Crippen molar-refractivity contribution in [3.63, 3.8) is 0 Å². The predicted octanol–water partition coefficient (Wildman–Crippen LogP) is 3.02. The van der Waals surface area contributed by atoms with Gasteiger partial charge in [-0.25, -0.2) is 9.97 Å². The van der Waals surface area contributed by atoms with Crippen molar-refractivity contribution in [1.82, 2.24) is 19.4 Å². The molecule has 136 valence electrons. The molecule has 6 nitrogen and oxygen atoms in total. The molecule has 1 aliphatic heterocycles. The molecule has 1 N–H and O–H groups in total. The van der Waals surface area contributed by atoms with Crippen LogP contribution in [0.15, 0.2) is 53.4 Å². The van der Waals surface area contributed by atoms with Crippen molar-refractivity contribution in [1.29, 1.82) is 0 Å². The third-order valence-electron chi connectivity index (χ3n) is 5.16. The zero-order valence-corrected chi connectivity index (χ0v) is 15.0. The van der Waals surface area contributed by atoms with Crippen LogP contribution in [0.25, 0.3) is 11.5 Å². The summed E-state index contributed by atoms with van der Waals surface area (Å²) in [6, 6.07) is 9.95. The van der Waals surface area contributed by atoms with E-state index in [1.165, 1.54) is 0 Å². The second-order valence-corrected chi connectivity index (χ2v) is 6.96. The molecule has 0 spiro atoms. The van der Waals surface area contributed by atoms with E-state index in [1.807, 2.05) is 48.1 Å². The average molecular weight is 352 g/mol. The number of nitrogens with zero attached hydrogens (tertiary/aromatic N) is 4. The van der Waals surface area contributed by atoms with Crippen LogP contribution >= 0.6 is 0 Å². The standard InChI is InChI=1S/C20H24N4O2/c1-23-12-9-21-19(23)18(25)15-7-10-24(11-8-15)13-17-14-26-20(22-17)16-5-3-2-4-6-16/h2-6,9,12,14-15,18,25H,7-8,10-11,13H2,1H3. The summed E-state index contributed by atoms with van der Waals surface area (Å²) in [7, 11) is 1.93. The van der Waals surface area contributed by atoms with Gasteiger partial charge in [0.1, 0.15) is 18.2 Å². The number of hydrogen-bond donors (Lipinski definition) is 1. The highest BCUT2D eigenvalue weighted by Gasteiger charge is 2.28. The van der Waals surface area contributed by atoms with Gasteiger partial charge in [0.05, 0.1) is 5.69 Å². The van der Waals surface area contributed by atoms with E-state index in [-0.39, 0.29) is 5.92 Å². The lowest BCUT2D eigenvalue weighted by atomic mass is 9.90. The lowest BCUT2D eigenvalue weighted by molar-refractivity contribution is 0.0489. The highest BCUT2D eigenvalue weighted by atomic mass is 16.3. The van der Waals surface area contributed by atoms with Gasteiger partial charge in [0, 0.05) is 31.5 Å². The first-order valence-corrected chi connectivity index (χ1v) is 9.08. The summed E-state index contributed by atoms with van der Waals surface area (Å²) in [6.45, 7) is 2.67. The summed E-state index contributed by atoms with van der Waals surface area (Å²) < 4.78 is 7.53. The van der Waals surface area contributed by atoms with E-state index in [1.54, 1.807) is 12.5 Å². The van der Waals surface area contributed by atoms with E-state index < -0.39 is 6.10 Å². The number of rotatable bonds is 5. The third-order valence-corrected chi connectivity index (χ3v) is 5.16. The van der Waals surface area contributed by atoms with Crippen LogP contribution < -0.4 is 0 Å². The highest BCUT2D eigenvalue weighted by Crippen LogP contribution is 2.30. The highest BCUT2D eigenvalue weighted by molar-refractivity contribution is 5.52. The number of oxazole rings is 1. The number of benzene rings is 1. The summed E-state index contributed by atoms with van der Waals surface area (Å²) in [5, 5.41) is 10.6. The molecule has 1 saturated heterocycles. The van der Waals surface area contributed by atoms with Crippen molar-refractivity contribution in [2.24, 2.45) is 13.0 Å². The van der Waals surface area contributed by atoms with Crippen LogP contribution in [0.5, 0.6) is 0 Å². The molecule has 3 heterocycles. The molecule has 0 bridgehead atoms. The van der Waals surface area contributed by atoms with E-state index >= 15 is 0 Å². The van der Waals surface area contributed by atoms with Crippen molar-refractivity contribution in [2.45, 2.75) is 25.5 Å². The number of imidazole rings is 1. The van der Waals surface area contributed by atoms with Gasteiger partial charge < -0.3 is 14.1 Å². The zero-order chi connectivity index (χ0) is 17.9. The number of aliphatic hydroxyl groups excluding tert-OH is 1. The lowest BCUT2D eigenvalue weighted by Gasteiger charge is -2.33. The summed E-state index contributed by atoms with van der Waals surface area (Å²) in [6.07, 6.45) is 6.78. The molecule has 2 aromatic heterocycles. The van der Waals surface area contributed by atoms with E-state index in [9.17, 15) is 5.11 Å². The maximum absolute atomic E-state index is 10.6. The van der Waals surface area contributed by atoms with Gasteiger partial charge in [0.2, 0.25) is 5.89 Å². The maximum Gasteiger partial charge on any atom is 0.226 e. The van der Waals surface area contributed by atoms with Gasteiger partial charge in [-0.3, -0.25) is 4.90 Å². The molecule has 0 aliphatic carbocycles. The summed E-state index contributed by atoms with van der Waals surface area (Å²) in [5.74, 6) is 1.68. The Morgan fingerprint density at radius 3 is 2.69 bits per heavy atom. The Bertz CT molecular complexity index is 834. The van der Waals surface area contributed by atoms with E-state index in [0.29, 0.717) is 5.89 Å². The molecule has 1 unspecified atom stereocenters. The lowest BCUT2D eigenvalue weighted by Crippen LogP contribution is -2.35. The Labute approximate surface area is 153 Å². The molecule has 6 heteroatoms. The fourth-order valence-electron chi connectivity index (χ4n) is 3.62. The van der Waals surface area contributed by atoms with Crippen molar-refractivity contribution in [2.75, 3.05) is 13.1 Å². The molecule has 0 amide bonds. The smallest absolute Gasteiger partial charge is 0.226 e. The van der Waals surface area contributed by atoms with Crippen LogP contribution in [0.3, 0.4) is 0 Å². The minimum absolute atomic E-state index is 0.254. The van der Waals surface area contributed by atoms with Crippen molar-refractivity contribution in [3.05, 3.63) is 60.5 Å². The first-order valence-electron chi connectivity index (χ1n) is 9.08. The first kappa shape index (κ1) is 17.0. The van der Waals surface area contributed by atoms with Crippen LogP contribution in [0.2, 0.25) is 0 Å². The Balaban J connectivity index is 1.33. The molecule has 1 fully saturated rings. The van der Waals surface area contributed by atoms with Gasteiger partial charge in [0.15, 0.2) is 0 Å². The van der Waals surface area contributed by atoms with Gasteiger partial charge in [-0.2, -0.15) is 0 Å². The topological polar surface area (TPSA) is 67.3 Å². The minimum atomic E-state index is -0.492. The third kappa shape index (κ3) is 3.57. The quantitative estimate of drug-likeness (QED) is 0.764. The fraction of sp³-hybridized carbons (Fsp3) is 0.400. The van der Waals surface area contributed by atoms with Crippen molar-refractivity contribution >= 4 is 0 Å². The van der Waals surface area contributed by atoms with E-state index in [2.05, 4.69) is 14.9 Å². The molecular formula is C20H24N4O2. The Kier molecular flexibility index (Phi) is 4.86. The predicted molar refractivity (Wildman–Crippen MR) is 98.1 cm³/mol. The molecule has 1 aliphatic rings. The molecule has 4 rings (SSSR count). The SMILES string of the molecule is Cn1ccnc1C(O)C1CCN(Cc2coc(-c3ccccc3)n2)CC1. The molecule has 1 aromatic carbocycles. The fourth-order valence-corrected chi connectivity index (χ4v) is 3.62. The normalized spacial score (nSPS) is 17.5. The number of piperidine rings is 1. The summed E-state index contributed by atoms with van der Waals surface area (Å²) in [5.41, 5.74) is 1.95. The van der Waals surface area contributed by atoms with Gasteiger partial charge in [-0.15, -0.1) is 0 Å². The van der Waals surface area contributed by atoms with Gasteiger partial charge in [0.25, 0.3) is 0 Å². The summed E-state index contributed by atoms with van der Waals surface area (Å²) >= 11 is 0. The number of likely N-dealkylation sites (tertiary alicyclic amines) is 1. The second kappa shape index (κ2) is 7.43. The minimum Gasteiger partial charge on any atom is -0.444 e. The van der Waals surface area contributed by atoms with Gasteiger partial charge in [-0.05, 0) is 44.0 Å². The van der Waals surface area contributed by atoms with E-state index in [0.717, 1.165) is 49.6 Å². The maximum atomic E-state index is 10.6. The van der Waals surface area contributed by atoms with E-state index in [4.69, 9.17) is 4.42 Å². The molecule has 0 saturated carbocycles. The molecule has 1 atom stereocenters. The van der Waals surface area contributed by atoms with Crippen molar-refractivity contribution in [3.8, 4) is 11.5 Å². The van der Waals surface area contributed by atoms with Crippen molar-refractivity contribution < 1.29 is 9.52 Å². The monoisotopic (exact) mass is 352 g/mol. The van der Waals surface area contributed by atoms with Crippen LogP contribution in [0.4, 0.5) is 0 Å². The van der Waals surface area contributed by atoms with Crippen LogP contribution in [0, 0.1) is 5.92 Å². The second-order valence-electron chi connectivity index (χ2n) is 6.96. The largest absolute Gasteiger partial charge is 0.444 e. The molecular weight excluding hydrogens is 328 g/mol. The van der Waals surface area contributed by atoms with Crippen LogP contribution in [-0.4, -0.2) is 37.6 Å². The molecule has 26 heavy (non-hydrogen) atoms. The Morgan fingerprint density at radius 1 is 1.23 bits per heavy atom. The number of hydrogen-bond acceptors (Lipinski definition) is 5. The van der Waals surface area contributed by atoms with Crippen LogP contribution in [0.1, 0.15) is 30.5 Å². The average Bonchev–Trinajstić information content (AvgIpc) is 3.32. The zero-order valence-electron chi connectivity index (χ0n) is 15.0. The Morgan fingerprint density at radius 2 is 2.00 bits per heavy atom. The first-order chi connectivity index (χ1) is 12.7. The number of aromatic nitrogens is 3. The molecule has 0 radical (unpaired) electrons. The van der Waals surface area contributed by atoms with Gasteiger partial charge in [-0.1, -0.05) is 18.2 Å². The number of aryl methyl sites for hydroxylation is 1. The number of aliphatic hydroxyl groups is 1. The molecule has 3 aromatic rings. The van der Waals surface area contributed by atoms with Gasteiger partial charge >= 0.3 is 0 Å². The Hall–Kier alpha value is -2.44.